The fourth-order valence-corrected chi connectivity index (χ4v) is 1.60. The lowest BCUT2D eigenvalue weighted by Gasteiger charge is -2.04. The third kappa shape index (κ3) is 4.13. The van der Waals surface area contributed by atoms with Crippen LogP contribution in [0.3, 0.4) is 0 Å². The van der Waals surface area contributed by atoms with Crippen LogP contribution in [0.5, 0.6) is 5.75 Å². The molecule has 0 atom stereocenters. The zero-order valence-electron chi connectivity index (χ0n) is 8.37. The molecule has 0 N–H and O–H groups in total. The molecule has 76 valence electrons. The molecule has 14 heavy (non-hydrogen) atoms. The SMILES string of the molecule is CCC/C=C/COc1ccccc1I. The summed E-state index contributed by atoms with van der Waals surface area (Å²) in [7, 11) is 0. The number of unbranched alkanes of at least 4 members (excludes halogenated alkanes) is 1. The van der Waals surface area contributed by atoms with E-state index in [0.29, 0.717) is 6.61 Å². The van der Waals surface area contributed by atoms with Gasteiger partial charge in [0.05, 0.1) is 3.57 Å². The number of hydrogen-bond acceptors (Lipinski definition) is 1. The lowest BCUT2D eigenvalue weighted by Crippen LogP contribution is -1.94. The van der Waals surface area contributed by atoms with Crippen LogP contribution in [0.1, 0.15) is 19.8 Å². The second-order valence-corrected chi connectivity index (χ2v) is 4.16. The molecule has 0 saturated carbocycles. The monoisotopic (exact) mass is 302 g/mol. The van der Waals surface area contributed by atoms with Gasteiger partial charge in [-0.25, -0.2) is 0 Å². The third-order valence-electron chi connectivity index (χ3n) is 1.79. The molecule has 0 saturated heterocycles. The number of benzene rings is 1. The van der Waals surface area contributed by atoms with Gasteiger partial charge in [-0.2, -0.15) is 0 Å². The normalized spacial score (nSPS) is 10.7. The van der Waals surface area contributed by atoms with Gasteiger partial charge in [0.25, 0.3) is 0 Å². The molecule has 1 nitrogen and oxygen atoms in total. The molecule has 1 rings (SSSR count). The molecule has 0 aliphatic heterocycles. The van der Waals surface area contributed by atoms with Crippen LogP contribution in [0.25, 0.3) is 0 Å². The second-order valence-electron chi connectivity index (χ2n) is 3.00. The Morgan fingerprint density at radius 2 is 2.07 bits per heavy atom. The van der Waals surface area contributed by atoms with Gasteiger partial charge in [0.15, 0.2) is 0 Å². The van der Waals surface area contributed by atoms with Crippen molar-refractivity contribution in [1.82, 2.24) is 0 Å². The first-order chi connectivity index (χ1) is 6.84. The lowest BCUT2D eigenvalue weighted by molar-refractivity contribution is 0.360. The number of para-hydroxylation sites is 1. The number of allylic oxidation sites excluding steroid dienone is 1. The summed E-state index contributed by atoms with van der Waals surface area (Å²) in [6, 6.07) is 8.05. The Balaban J connectivity index is 2.35. The van der Waals surface area contributed by atoms with E-state index in [0.717, 1.165) is 15.7 Å². The molecule has 1 aromatic rings. The molecule has 0 aliphatic carbocycles. The van der Waals surface area contributed by atoms with E-state index < -0.39 is 0 Å². The number of ether oxygens (including phenoxy) is 1. The van der Waals surface area contributed by atoms with Crippen LogP contribution in [-0.4, -0.2) is 6.61 Å². The van der Waals surface area contributed by atoms with Crippen molar-refractivity contribution in [2.75, 3.05) is 6.61 Å². The van der Waals surface area contributed by atoms with Crippen molar-refractivity contribution >= 4 is 22.6 Å². The van der Waals surface area contributed by atoms with Crippen molar-refractivity contribution in [3.63, 3.8) is 0 Å². The van der Waals surface area contributed by atoms with Gasteiger partial charge in [0.1, 0.15) is 12.4 Å². The summed E-state index contributed by atoms with van der Waals surface area (Å²) >= 11 is 2.28. The van der Waals surface area contributed by atoms with E-state index in [9.17, 15) is 0 Å². The topological polar surface area (TPSA) is 9.23 Å². The van der Waals surface area contributed by atoms with Crippen molar-refractivity contribution in [2.24, 2.45) is 0 Å². The molecule has 1 aromatic carbocycles. The van der Waals surface area contributed by atoms with Crippen LogP contribution in [0.2, 0.25) is 0 Å². The zero-order chi connectivity index (χ0) is 10.2. The minimum Gasteiger partial charge on any atom is -0.488 e. The van der Waals surface area contributed by atoms with Gasteiger partial charge in [-0.1, -0.05) is 37.6 Å². The molecule has 0 fully saturated rings. The first kappa shape index (κ1) is 11.6. The van der Waals surface area contributed by atoms with E-state index in [1.54, 1.807) is 0 Å². The van der Waals surface area contributed by atoms with E-state index in [1.807, 2.05) is 24.3 Å². The summed E-state index contributed by atoms with van der Waals surface area (Å²) in [6.07, 6.45) is 6.57. The fraction of sp³-hybridized carbons (Fsp3) is 0.333. The fourth-order valence-electron chi connectivity index (χ4n) is 1.05. The average Bonchev–Trinajstić information content (AvgIpc) is 2.20. The Bertz CT molecular complexity index is 294. The number of hydrogen-bond donors (Lipinski definition) is 0. The largest absolute Gasteiger partial charge is 0.488 e. The quantitative estimate of drug-likeness (QED) is 0.589. The standard InChI is InChI=1S/C12H15IO/c1-2-3-4-7-10-14-12-9-6-5-8-11(12)13/h4-9H,2-3,10H2,1H3/b7-4+. The summed E-state index contributed by atoms with van der Waals surface area (Å²) < 4.78 is 6.75. The van der Waals surface area contributed by atoms with Crippen LogP contribution in [0, 0.1) is 3.57 Å². The maximum Gasteiger partial charge on any atom is 0.133 e. The van der Waals surface area contributed by atoms with Crippen LogP contribution >= 0.6 is 22.6 Å². The van der Waals surface area contributed by atoms with Crippen LogP contribution in [0.4, 0.5) is 0 Å². The predicted molar refractivity (Wildman–Crippen MR) is 68.7 cm³/mol. The molecule has 0 spiro atoms. The van der Waals surface area contributed by atoms with Crippen LogP contribution < -0.4 is 4.74 Å². The maximum atomic E-state index is 5.59. The highest BCUT2D eigenvalue weighted by Crippen LogP contribution is 2.19. The van der Waals surface area contributed by atoms with E-state index in [1.165, 1.54) is 6.42 Å². The predicted octanol–water partition coefficient (Wildman–Crippen LogP) is 4.03. The average molecular weight is 302 g/mol. The Morgan fingerprint density at radius 1 is 1.29 bits per heavy atom. The van der Waals surface area contributed by atoms with Crippen LogP contribution in [-0.2, 0) is 0 Å². The minimum absolute atomic E-state index is 0.667. The van der Waals surface area contributed by atoms with Gasteiger partial charge in [-0.05, 0) is 41.1 Å². The van der Waals surface area contributed by atoms with Crippen LogP contribution in [0.15, 0.2) is 36.4 Å². The molecule has 0 unspecified atom stereocenters. The highest BCUT2D eigenvalue weighted by molar-refractivity contribution is 14.1. The van der Waals surface area contributed by atoms with Crippen molar-refractivity contribution in [3.05, 3.63) is 40.0 Å². The smallest absolute Gasteiger partial charge is 0.133 e. The van der Waals surface area contributed by atoms with Gasteiger partial charge in [0, 0.05) is 0 Å². The molecule has 2 heteroatoms. The molecular weight excluding hydrogens is 287 g/mol. The second kappa shape index (κ2) is 6.87. The van der Waals surface area contributed by atoms with E-state index in [-0.39, 0.29) is 0 Å². The Labute approximate surface area is 99.3 Å². The molecule has 0 heterocycles. The summed E-state index contributed by atoms with van der Waals surface area (Å²) in [6.45, 7) is 2.84. The Morgan fingerprint density at radius 3 is 2.79 bits per heavy atom. The molecule has 0 aliphatic rings. The highest BCUT2D eigenvalue weighted by atomic mass is 127. The Kier molecular flexibility index (Phi) is 5.68. The first-order valence-electron chi connectivity index (χ1n) is 4.87. The summed E-state index contributed by atoms with van der Waals surface area (Å²) in [5.41, 5.74) is 0. The third-order valence-corrected chi connectivity index (χ3v) is 2.68. The van der Waals surface area contributed by atoms with E-state index >= 15 is 0 Å². The number of halogens is 1. The molecule has 0 radical (unpaired) electrons. The molecular formula is C12H15IO. The lowest BCUT2D eigenvalue weighted by atomic mass is 10.3. The van der Waals surface area contributed by atoms with Crippen molar-refractivity contribution in [2.45, 2.75) is 19.8 Å². The summed E-state index contributed by atoms with van der Waals surface area (Å²) in [4.78, 5) is 0. The van der Waals surface area contributed by atoms with E-state index in [2.05, 4.69) is 41.7 Å². The van der Waals surface area contributed by atoms with Gasteiger partial charge >= 0.3 is 0 Å². The summed E-state index contributed by atoms with van der Waals surface area (Å²) in [5, 5.41) is 0. The van der Waals surface area contributed by atoms with Crippen molar-refractivity contribution in [3.8, 4) is 5.75 Å². The highest BCUT2D eigenvalue weighted by Gasteiger charge is 1.95. The Hall–Kier alpha value is -0.510. The van der Waals surface area contributed by atoms with Crippen molar-refractivity contribution < 1.29 is 4.74 Å². The molecule has 0 amide bonds. The van der Waals surface area contributed by atoms with Gasteiger partial charge in [-0.15, -0.1) is 0 Å². The van der Waals surface area contributed by atoms with E-state index in [4.69, 9.17) is 4.74 Å². The maximum absolute atomic E-state index is 5.59. The summed E-state index contributed by atoms with van der Waals surface area (Å²) in [5.74, 6) is 0.967. The first-order valence-corrected chi connectivity index (χ1v) is 5.94. The number of rotatable bonds is 5. The van der Waals surface area contributed by atoms with Gasteiger partial charge < -0.3 is 4.74 Å². The van der Waals surface area contributed by atoms with Gasteiger partial charge in [0.2, 0.25) is 0 Å². The molecule has 0 bridgehead atoms. The van der Waals surface area contributed by atoms with Crippen molar-refractivity contribution in [1.29, 1.82) is 0 Å². The zero-order valence-corrected chi connectivity index (χ0v) is 10.5. The molecule has 0 aromatic heterocycles. The minimum atomic E-state index is 0.667. The van der Waals surface area contributed by atoms with Gasteiger partial charge in [-0.3, -0.25) is 0 Å².